The minimum atomic E-state index is -0.995. The first-order valence-electron chi connectivity index (χ1n) is 5.08. The predicted molar refractivity (Wildman–Crippen MR) is 58.3 cm³/mol. The third-order valence-electron chi connectivity index (χ3n) is 2.32. The van der Waals surface area contributed by atoms with Gasteiger partial charge in [0.2, 0.25) is 0 Å². The topological polar surface area (TPSA) is 66.8 Å². The Bertz CT molecular complexity index is 327. The van der Waals surface area contributed by atoms with Gasteiger partial charge in [-0.25, -0.2) is 9.59 Å². The van der Waals surface area contributed by atoms with Crippen molar-refractivity contribution >= 4 is 23.7 Å². The molecule has 1 saturated heterocycles. The molecule has 0 aromatic rings. The SMILES string of the molecule is CCOC(=O)C(Cl)=C1CCCN(C(=O)O)C1. The summed E-state index contributed by atoms with van der Waals surface area (Å²) in [6, 6.07) is 0. The summed E-state index contributed by atoms with van der Waals surface area (Å²) in [6.45, 7) is 2.61. The first-order chi connectivity index (χ1) is 7.56. The van der Waals surface area contributed by atoms with Gasteiger partial charge in [0.15, 0.2) is 0 Å². The fourth-order valence-electron chi connectivity index (χ4n) is 1.55. The van der Waals surface area contributed by atoms with E-state index in [2.05, 4.69) is 0 Å². The van der Waals surface area contributed by atoms with E-state index in [-0.39, 0.29) is 18.2 Å². The van der Waals surface area contributed by atoms with Crippen LogP contribution < -0.4 is 0 Å². The second-order valence-corrected chi connectivity index (χ2v) is 3.82. The highest BCUT2D eigenvalue weighted by Gasteiger charge is 2.23. The van der Waals surface area contributed by atoms with Crippen LogP contribution in [0.2, 0.25) is 0 Å². The second-order valence-electron chi connectivity index (χ2n) is 3.45. The van der Waals surface area contributed by atoms with E-state index in [1.807, 2.05) is 0 Å². The molecule has 0 radical (unpaired) electrons. The number of esters is 1. The van der Waals surface area contributed by atoms with Crippen LogP contribution in [-0.4, -0.2) is 41.8 Å². The lowest BCUT2D eigenvalue weighted by Crippen LogP contribution is -2.36. The van der Waals surface area contributed by atoms with Crippen molar-refractivity contribution in [3.05, 3.63) is 10.6 Å². The molecule has 0 aromatic heterocycles. The van der Waals surface area contributed by atoms with Crippen LogP contribution in [0.25, 0.3) is 0 Å². The zero-order valence-corrected chi connectivity index (χ0v) is 9.79. The van der Waals surface area contributed by atoms with Gasteiger partial charge in [-0.3, -0.25) is 0 Å². The van der Waals surface area contributed by atoms with Crippen molar-refractivity contribution in [1.29, 1.82) is 0 Å². The molecule has 1 heterocycles. The number of amides is 1. The van der Waals surface area contributed by atoms with Crippen LogP contribution in [0.5, 0.6) is 0 Å². The summed E-state index contributed by atoms with van der Waals surface area (Å²) in [7, 11) is 0. The number of likely N-dealkylation sites (tertiary alicyclic amines) is 1. The van der Waals surface area contributed by atoms with E-state index in [0.717, 1.165) is 0 Å². The van der Waals surface area contributed by atoms with Crippen molar-refractivity contribution in [2.75, 3.05) is 19.7 Å². The van der Waals surface area contributed by atoms with Gasteiger partial charge < -0.3 is 14.7 Å². The summed E-state index contributed by atoms with van der Waals surface area (Å²) in [5.41, 5.74) is 0.633. The summed E-state index contributed by atoms with van der Waals surface area (Å²) < 4.78 is 4.76. The molecule has 16 heavy (non-hydrogen) atoms. The maximum Gasteiger partial charge on any atom is 0.407 e. The van der Waals surface area contributed by atoms with Gasteiger partial charge in [0.05, 0.1) is 6.61 Å². The maximum absolute atomic E-state index is 11.3. The number of rotatable bonds is 2. The molecule has 5 nitrogen and oxygen atoms in total. The van der Waals surface area contributed by atoms with Crippen molar-refractivity contribution in [2.45, 2.75) is 19.8 Å². The Balaban J connectivity index is 2.74. The smallest absolute Gasteiger partial charge is 0.407 e. The largest absolute Gasteiger partial charge is 0.465 e. The van der Waals surface area contributed by atoms with Crippen LogP contribution in [0, 0.1) is 0 Å². The van der Waals surface area contributed by atoms with Crippen LogP contribution in [-0.2, 0) is 9.53 Å². The Hall–Kier alpha value is -1.23. The van der Waals surface area contributed by atoms with Gasteiger partial charge in [-0.05, 0) is 25.3 Å². The molecule has 0 saturated carbocycles. The van der Waals surface area contributed by atoms with Crippen LogP contribution >= 0.6 is 11.6 Å². The van der Waals surface area contributed by atoms with Gasteiger partial charge >= 0.3 is 12.1 Å². The quantitative estimate of drug-likeness (QED) is 0.597. The number of carbonyl (C=O) groups is 2. The predicted octanol–water partition coefficient (Wildman–Crippen LogP) is 1.82. The van der Waals surface area contributed by atoms with E-state index >= 15 is 0 Å². The number of ether oxygens (including phenoxy) is 1. The highest BCUT2D eigenvalue weighted by Crippen LogP contribution is 2.22. The van der Waals surface area contributed by atoms with E-state index in [9.17, 15) is 9.59 Å². The maximum atomic E-state index is 11.3. The summed E-state index contributed by atoms with van der Waals surface area (Å²) in [5, 5.41) is 8.84. The van der Waals surface area contributed by atoms with Crippen LogP contribution in [0.4, 0.5) is 4.79 Å². The highest BCUT2D eigenvalue weighted by atomic mass is 35.5. The summed E-state index contributed by atoms with van der Waals surface area (Å²) in [5.74, 6) is -0.577. The van der Waals surface area contributed by atoms with E-state index < -0.39 is 12.1 Å². The second kappa shape index (κ2) is 5.75. The molecule has 0 aromatic carbocycles. The monoisotopic (exact) mass is 247 g/mol. The lowest BCUT2D eigenvalue weighted by Gasteiger charge is -2.26. The van der Waals surface area contributed by atoms with Crippen LogP contribution in [0.3, 0.4) is 0 Å². The first kappa shape index (κ1) is 12.8. The standard InChI is InChI=1S/C10H14ClNO4/c1-2-16-9(13)8(11)7-4-3-5-12(6-7)10(14)15/h2-6H2,1H3,(H,14,15). The average molecular weight is 248 g/mol. The molecular formula is C10H14ClNO4. The Morgan fingerprint density at radius 2 is 2.25 bits per heavy atom. The van der Waals surface area contributed by atoms with E-state index in [1.54, 1.807) is 6.92 Å². The third kappa shape index (κ3) is 3.13. The summed E-state index contributed by atoms with van der Waals surface area (Å²) in [6.07, 6.45) is 0.323. The number of carbonyl (C=O) groups excluding carboxylic acids is 1. The molecule has 0 aliphatic carbocycles. The Morgan fingerprint density at radius 1 is 1.56 bits per heavy atom. The number of hydrogen-bond acceptors (Lipinski definition) is 3. The van der Waals surface area contributed by atoms with Gasteiger partial charge in [-0.15, -0.1) is 0 Å². The fourth-order valence-corrected chi connectivity index (χ4v) is 1.76. The molecule has 1 rings (SSSR count). The van der Waals surface area contributed by atoms with Crippen LogP contribution in [0.1, 0.15) is 19.8 Å². The van der Waals surface area contributed by atoms with Crippen molar-refractivity contribution < 1.29 is 19.4 Å². The molecule has 1 aliphatic rings. The molecule has 1 aliphatic heterocycles. The van der Waals surface area contributed by atoms with E-state index in [4.69, 9.17) is 21.4 Å². The van der Waals surface area contributed by atoms with Gasteiger partial charge in [0.25, 0.3) is 0 Å². The van der Waals surface area contributed by atoms with E-state index in [1.165, 1.54) is 4.90 Å². The summed E-state index contributed by atoms with van der Waals surface area (Å²) in [4.78, 5) is 23.3. The molecule has 0 atom stereocenters. The number of nitrogens with zero attached hydrogens (tertiary/aromatic N) is 1. The number of hydrogen-bond donors (Lipinski definition) is 1. The summed E-state index contributed by atoms with van der Waals surface area (Å²) >= 11 is 5.84. The van der Waals surface area contributed by atoms with Crippen LogP contribution in [0.15, 0.2) is 10.6 Å². The van der Waals surface area contributed by atoms with Gasteiger partial charge in [-0.1, -0.05) is 11.6 Å². The van der Waals surface area contributed by atoms with Crippen molar-refractivity contribution in [3.8, 4) is 0 Å². The molecule has 1 amide bonds. The van der Waals surface area contributed by atoms with Gasteiger partial charge in [-0.2, -0.15) is 0 Å². The Morgan fingerprint density at radius 3 is 2.81 bits per heavy atom. The highest BCUT2D eigenvalue weighted by molar-refractivity contribution is 6.41. The molecule has 0 bridgehead atoms. The number of piperidine rings is 1. The third-order valence-corrected chi connectivity index (χ3v) is 2.75. The zero-order chi connectivity index (χ0) is 12.1. The minimum Gasteiger partial charge on any atom is -0.465 e. The molecule has 0 unspecified atom stereocenters. The van der Waals surface area contributed by atoms with Gasteiger partial charge in [0, 0.05) is 13.1 Å². The molecule has 90 valence electrons. The fraction of sp³-hybridized carbons (Fsp3) is 0.600. The Kier molecular flexibility index (Phi) is 4.61. The molecule has 0 spiro atoms. The molecule has 1 N–H and O–H groups in total. The van der Waals surface area contributed by atoms with E-state index in [0.29, 0.717) is 25.0 Å². The zero-order valence-electron chi connectivity index (χ0n) is 9.03. The minimum absolute atomic E-state index is 0.0211. The molecule has 6 heteroatoms. The lowest BCUT2D eigenvalue weighted by molar-refractivity contribution is -0.137. The lowest BCUT2D eigenvalue weighted by atomic mass is 10.0. The Labute approximate surface area is 98.6 Å². The number of halogens is 1. The first-order valence-corrected chi connectivity index (χ1v) is 5.46. The van der Waals surface area contributed by atoms with Gasteiger partial charge in [0.1, 0.15) is 5.03 Å². The normalized spacial score (nSPS) is 19.2. The van der Waals surface area contributed by atoms with Crippen molar-refractivity contribution in [1.82, 2.24) is 4.90 Å². The van der Waals surface area contributed by atoms with Crippen molar-refractivity contribution in [2.24, 2.45) is 0 Å². The number of carboxylic acid groups (broad SMARTS) is 1. The molecule has 1 fully saturated rings. The average Bonchev–Trinajstić information content (AvgIpc) is 2.28. The van der Waals surface area contributed by atoms with Crippen molar-refractivity contribution in [3.63, 3.8) is 0 Å². The molecular weight excluding hydrogens is 234 g/mol.